The summed E-state index contributed by atoms with van der Waals surface area (Å²) in [7, 11) is -0.271. The minimum absolute atomic E-state index is 0.290. The summed E-state index contributed by atoms with van der Waals surface area (Å²) in [5.74, 6) is 0. The summed E-state index contributed by atoms with van der Waals surface area (Å²) < 4.78 is 31.0. The second-order valence-electron chi connectivity index (χ2n) is 4.47. The van der Waals surface area contributed by atoms with Crippen molar-refractivity contribution in [3.63, 3.8) is 0 Å². The lowest BCUT2D eigenvalue weighted by Crippen LogP contribution is -2.28. The van der Waals surface area contributed by atoms with E-state index in [0.29, 0.717) is 31.0 Å². The molecular formula is C13H22N2O3S. The number of nitrogens with two attached hydrogens (primary N) is 1. The zero-order chi connectivity index (χ0) is 14.5. The van der Waals surface area contributed by atoms with Crippen molar-refractivity contribution in [3.05, 3.63) is 29.3 Å². The predicted octanol–water partition coefficient (Wildman–Crippen LogP) is 1.11. The van der Waals surface area contributed by atoms with Crippen molar-refractivity contribution in [1.82, 2.24) is 4.31 Å². The average Bonchev–Trinajstić information content (AvgIpc) is 2.39. The minimum atomic E-state index is -3.45. The van der Waals surface area contributed by atoms with Crippen LogP contribution in [0.3, 0.4) is 0 Å². The summed E-state index contributed by atoms with van der Waals surface area (Å²) in [6, 6.07) is 5.06. The summed E-state index contributed by atoms with van der Waals surface area (Å²) in [5, 5.41) is 0. The van der Waals surface area contributed by atoms with E-state index in [1.165, 1.54) is 4.31 Å². The molecular weight excluding hydrogens is 264 g/mol. The van der Waals surface area contributed by atoms with E-state index in [0.717, 1.165) is 11.1 Å². The number of hydrogen-bond acceptors (Lipinski definition) is 4. The first kappa shape index (κ1) is 16.1. The number of aryl methyl sites for hydroxylation is 1. The first-order valence-electron chi connectivity index (χ1n) is 6.18. The molecule has 0 amide bonds. The summed E-state index contributed by atoms with van der Waals surface area (Å²) >= 11 is 0. The Kier molecular flexibility index (Phi) is 5.93. The number of methoxy groups -OCH3 is 1. The number of rotatable bonds is 7. The summed E-state index contributed by atoms with van der Waals surface area (Å²) in [4.78, 5) is 0.290. The molecule has 0 radical (unpaired) electrons. The van der Waals surface area contributed by atoms with Gasteiger partial charge in [-0.2, -0.15) is 0 Å². The van der Waals surface area contributed by atoms with Gasteiger partial charge in [0.25, 0.3) is 0 Å². The maximum atomic E-state index is 12.4. The Morgan fingerprint density at radius 1 is 1.37 bits per heavy atom. The van der Waals surface area contributed by atoms with E-state index in [4.69, 9.17) is 10.5 Å². The second-order valence-corrected chi connectivity index (χ2v) is 6.51. The quantitative estimate of drug-likeness (QED) is 0.762. The third-order valence-corrected chi connectivity index (χ3v) is 4.92. The Bertz CT molecular complexity index is 515. The molecule has 6 heteroatoms. The lowest BCUT2D eigenvalue weighted by atomic mass is 10.1. The molecule has 0 aliphatic rings. The number of hydrogen-bond donors (Lipinski definition) is 1. The molecule has 0 saturated carbocycles. The fraction of sp³-hybridized carbons (Fsp3) is 0.538. The summed E-state index contributed by atoms with van der Waals surface area (Å²) in [5.41, 5.74) is 7.47. The molecule has 0 atom stereocenters. The minimum Gasteiger partial charge on any atom is -0.385 e. The molecule has 1 rings (SSSR count). The maximum Gasteiger partial charge on any atom is 0.242 e. The van der Waals surface area contributed by atoms with Gasteiger partial charge >= 0.3 is 0 Å². The first-order chi connectivity index (χ1) is 8.93. The molecule has 2 N–H and O–H groups in total. The van der Waals surface area contributed by atoms with Crippen LogP contribution in [0.4, 0.5) is 0 Å². The van der Waals surface area contributed by atoms with Crippen molar-refractivity contribution < 1.29 is 13.2 Å². The van der Waals surface area contributed by atoms with Crippen LogP contribution in [0, 0.1) is 6.92 Å². The summed E-state index contributed by atoms with van der Waals surface area (Å²) in [6.07, 6.45) is 0.668. The van der Waals surface area contributed by atoms with E-state index in [1.54, 1.807) is 32.4 Å². The van der Waals surface area contributed by atoms with Gasteiger partial charge in [-0.3, -0.25) is 0 Å². The zero-order valence-electron chi connectivity index (χ0n) is 11.7. The Morgan fingerprint density at radius 3 is 2.63 bits per heavy atom. The molecule has 0 aliphatic carbocycles. The molecule has 108 valence electrons. The van der Waals surface area contributed by atoms with Gasteiger partial charge in [0.15, 0.2) is 0 Å². The van der Waals surface area contributed by atoms with Gasteiger partial charge in [0.05, 0.1) is 4.90 Å². The van der Waals surface area contributed by atoms with E-state index in [9.17, 15) is 8.42 Å². The topological polar surface area (TPSA) is 72.6 Å². The molecule has 0 fully saturated rings. The molecule has 1 aromatic rings. The molecule has 5 nitrogen and oxygen atoms in total. The van der Waals surface area contributed by atoms with E-state index in [2.05, 4.69) is 0 Å². The largest absolute Gasteiger partial charge is 0.385 e. The molecule has 0 saturated heterocycles. The van der Waals surface area contributed by atoms with Crippen LogP contribution >= 0.6 is 0 Å². The van der Waals surface area contributed by atoms with Crippen LogP contribution < -0.4 is 5.73 Å². The Balaban J connectivity index is 2.93. The van der Waals surface area contributed by atoms with E-state index >= 15 is 0 Å². The fourth-order valence-electron chi connectivity index (χ4n) is 1.76. The number of nitrogens with zero attached hydrogens (tertiary/aromatic N) is 1. The fourth-order valence-corrected chi connectivity index (χ4v) is 3.02. The van der Waals surface area contributed by atoms with Gasteiger partial charge in [0, 0.05) is 33.9 Å². The van der Waals surface area contributed by atoms with E-state index in [1.807, 2.05) is 6.92 Å². The smallest absolute Gasteiger partial charge is 0.242 e. The molecule has 19 heavy (non-hydrogen) atoms. The Hall–Kier alpha value is -0.950. The van der Waals surface area contributed by atoms with Crippen LogP contribution in [-0.4, -0.2) is 40.0 Å². The molecule has 0 aromatic heterocycles. The van der Waals surface area contributed by atoms with Crippen molar-refractivity contribution in [1.29, 1.82) is 0 Å². The molecule has 1 aromatic carbocycles. The van der Waals surface area contributed by atoms with Crippen LogP contribution in [0.25, 0.3) is 0 Å². The highest BCUT2D eigenvalue weighted by molar-refractivity contribution is 7.89. The lowest BCUT2D eigenvalue weighted by molar-refractivity contribution is 0.189. The van der Waals surface area contributed by atoms with Gasteiger partial charge in [0.1, 0.15) is 0 Å². The molecule has 0 bridgehead atoms. The molecule has 0 aliphatic heterocycles. The third kappa shape index (κ3) is 4.01. The SMILES string of the molecule is COCCCN(C)S(=O)(=O)c1ccc(C)c(CN)c1. The van der Waals surface area contributed by atoms with Gasteiger partial charge < -0.3 is 10.5 Å². The van der Waals surface area contributed by atoms with E-state index < -0.39 is 10.0 Å². The summed E-state index contributed by atoms with van der Waals surface area (Å²) in [6.45, 7) is 3.23. The highest BCUT2D eigenvalue weighted by Crippen LogP contribution is 2.18. The number of sulfonamides is 1. The highest BCUT2D eigenvalue weighted by atomic mass is 32.2. The van der Waals surface area contributed by atoms with Gasteiger partial charge in [-0.05, 0) is 36.6 Å². The monoisotopic (exact) mass is 286 g/mol. The molecule has 0 heterocycles. The van der Waals surface area contributed by atoms with Crippen LogP contribution in [0.1, 0.15) is 17.5 Å². The number of ether oxygens (including phenoxy) is 1. The van der Waals surface area contributed by atoms with Gasteiger partial charge in [-0.15, -0.1) is 0 Å². The standard InChI is InChI=1S/C13H22N2O3S/c1-11-5-6-13(9-12(11)10-14)19(16,17)15(2)7-4-8-18-3/h5-6,9H,4,7-8,10,14H2,1-3H3. The second kappa shape index (κ2) is 7.00. The average molecular weight is 286 g/mol. The van der Waals surface area contributed by atoms with Crippen molar-refractivity contribution in [2.24, 2.45) is 5.73 Å². The van der Waals surface area contributed by atoms with Crippen LogP contribution in [-0.2, 0) is 21.3 Å². The van der Waals surface area contributed by atoms with Crippen molar-refractivity contribution >= 4 is 10.0 Å². The van der Waals surface area contributed by atoms with E-state index in [-0.39, 0.29) is 0 Å². The van der Waals surface area contributed by atoms with Crippen LogP contribution in [0.5, 0.6) is 0 Å². The van der Waals surface area contributed by atoms with Gasteiger partial charge in [-0.25, -0.2) is 12.7 Å². The normalized spacial score (nSPS) is 12.1. The Morgan fingerprint density at radius 2 is 2.05 bits per heavy atom. The van der Waals surface area contributed by atoms with Crippen molar-refractivity contribution in [2.75, 3.05) is 27.3 Å². The van der Waals surface area contributed by atoms with Gasteiger partial charge in [0.2, 0.25) is 10.0 Å². The first-order valence-corrected chi connectivity index (χ1v) is 7.62. The molecule has 0 spiro atoms. The maximum absolute atomic E-state index is 12.4. The third-order valence-electron chi connectivity index (χ3n) is 3.07. The number of benzene rings is 1. The van der Waals surface area contributed by atoms with Gasteiger partial charge in [-0.1, -0.05) is 6.07 Å². The molecule has 0 unspecified atom stereocenters. The highest BCUT2D eigenvalue weighted by Gasteiger charge is 2.20. The van der Waals surface area contributed by atoms with Crippen LogP contribution in [0.2, 0.25) is 0 Å². The van der Waals surface area contributed by atoms with Crippen molar-refractivity contribution in [3.8, 4) is 0 Å². The predicted molar refractivity (Wildman–Crippen MR) is 75.4 cm³/mol. The van der Waals surface area contributed by atoms with Crippen LogP contribution in [0.15, 0.2) is 23.1 Å². The lowest BCUT2D eigenvalue weighted by Gasteiger charge is -2.18. The van der Waals surface area contributed by atoms with Crippen molar-refractivity contribution in [2.45, 2.75) is 24.8 Å². The zero-order valence-corrected chi connectivity index (χ0v) is 12.5. The Labute approximate surface area is 115 Å².